The van der Waals surface area contributed by atoms with Gasteiger partial charge in [-0.2, -0.15) is 0 Å². The van der Waals surface area contributed by atoms with E-state index in [1.165, 1.54) is 6.92 Å². The van der Waals surface area contributed by atoms with Crippen molar-refractivity contribution in [3.05, 3.63) is 17.0 Å². The summed E-state index contributed by atoms with van der Waals surface area (Å²) in [4.78, 5) is 10.3. The molecule has 0 unspecified atom stereocenters. The number of carbonyl (C=O) groups excluding carboxylic acids is 1. The van der Waals surface area contributed by atoms with Crippen LogP contribution >= 0.6 is 0 Å². The number of aromatic nitrogens is 1. The van der Waals surface area contributed by atoms with Crippen LogP contribution < -0.4 is 0 Å². The third-order valence-electron chi connectivity index (χ3n) is 1.24. The smallest absolute Gasteiger partial charge is 0.361 e. The summed E-state index contributed by atoms with van der Waals surface area (Å²) in [7, 11) is 0. The van der Waals surface area contributed by atoms with Gasteiger partial charge in [-0.25, -0.2) is 9.90 Å². The van der Waals surface area contributed by atoms with Crippen molar-refractivity contribution in [3.63, 3.8) is 0 Å². The van der Waals surface area contributed by atoms with E-state index in [1.54, 1.807) is 6.92 Å². The molecule has 0 aliphatic heterocycles. The van der Waals surface area contributed by atoms with Gasteiger partial charge in [0.15, 0.2) is 0 Å². The van der Waals surface area contributed by atoms with Gasteiger partial charge >= 0.3 is 5.97 Å². The first-order chi connectivity index (χ1) is 4.63. The highest BCUT2D eigenvalue weighted by Crippen LogP contribution is 2.11. The van der Waals surface area contributed by atoms with E-state index in [-0.39, 0.29) is 11.3 Å². The maximum absolute atomic E-state index is 10.3. The van der Waals surface area contributed by atoms with Crippen LogP contribution in [0.3, 0.4) is 0 Å². The molecule has 0 aromatic carbocycles. The van der Waals surface area contributed by atoms with Gasteiger partial charge in [0.25, 0.3) is 0 Å². The van der Waals surface area contributed by atoms with Crippen molar-refractivity contribution >= 4 is 5.97 Å². The van der Waals surface area contributed by atoms with Gasteiger partial charge in [-0.05, 0) is 13.8 Å². The minimum absolute atomic E-state index is 0.0556. The Morgan fingerprint density at radius 3 is 2.30 bits per heavy atom. The molecule has 0 aliphatic rings. The Bertz CT molecular complexity index is 244. The summed E-state index contributed by atoms with van der Waals surface area (Å²) in [5.41, 5.74) is 0.414. The number of carbonyl (C=O) groups is 1. The van der Waals surface area contributed by atoms with Crippen molar-refractivity contribution in [2.24, 2.45) is 0 Å². The van der Waals surface area contributed by atoms with Gasteiger partial charge in [-0.1, -0.05) is 5.16 Å². The lowest BCUT2D eigenvalue weighted by Crippen LogP contribution is -1.96. The van der Waals surface area contributed by atoms with Crippen LogP contribution in [0.5, 0.6) is 0 Å². The number of hydrogen-bond acceptors (Lipinski definition) is 3. The Balaban J connectivity index is 3.23. The Hall–Kier alpha value is -1.32. The van der Waals surface area contributed by atoms with Crippen molar-refractivity contribution in [1.82, 2.24) is 5.16 Å². The van der Waals surface area contributed by atoms with Gasteiger partial charge in [0.1, 0.15) is 11.3 Å². The Labute approximate surface area is 57.4 Å². The van der Waals surface area contributed by atoms with E-state index in [0.717, 1.165) is 0 Å². The van der Waals surface area contributed by atoms with E-state index in [9.17, 15) is 9.90 Å². The van der Waals surface area contributed by atoms with Gasteiger partial charge in [-0.3, -0.25) is 0 Å². The second-order valence-electron chi connectivity index (χ2n) is 1.99. The number of rotatable bonds is 1. The molecule has 1 radical (unpaired) electrons. The van der Waals surface area contributed by atoms with Crippen LogP contribution in [0.15, 0.2) is 4.52 Å². The van der Waals surface area contributed by atoms with Crippen LogP contribution in [-0.2, 0) is 5.11 Å². The first-order valence-electron chi connectivity index (χ1n) is 2.77. The van der Waals surface area contributed by atoms with E-state index in [0.29, 0.717) is 5.69 Å². The number of aryl methyl sites for hydroxylation is 2. The molecular formula is C6H6NO3. The molecule has 0 amide bonds. The number of nitrogens with zero attached hydrogens (tertiary/aromatic N) is 1. The van der Waals surface area contributed by atoms with Crippen LogP contribution in [0.2, 0.25) is 0 Å². The zero-order valence-corrected chi connectivity index (χ0v) is 5.67. The quantitative estimate of drug-likeness (QED) is 0.581. The monoisotopic (exact) mass is 140 g/mol. The molecule has 1 heterocycles. The lowest BCUT2D eigenvalue weighted by Gasteiger charge is -1.83. The molecular weight excluding hydrogens is 134 g/mol. The molecule has 0 saturated heterocycles. The van der Waals surface area contributed by atoms with Crippen LogP contribution in [0.25, 0.3) is 0 Å². The van der Waals surface area contributed by atoms with Gasteiger partial charge < -0.3 is 4.52 Å². The Kier molecular flexibility index (Phi) is 1.45. The summed E-state index contributed by atoms with van der Waals surface area (Å²) < 4.78 is 4.59. The predicted octanol–water partition coefficient (Wildman–Crippen LogP) is 0.862. The van der Waals surface area contributed by atoms with Gasteiger partial charge in [-0.15, -0.1) is 0 Å². The fourth-order valence-electron chi connectivity index (χ4n) is 0.774. The zero-order valence-electron chi connectivity index (χ0n) is 5.67. The second-order valence-corrected chi connectivity index (χ2v) is 1.99. The lowest BCUT2D eigenvalue weighted by molar-refractivity contribution is 0.0570. The Morgan fingerprint density at radius 1 is 1.50 bits per heavy atom. The third-order valence-corrected chi connectivity index (χ3v) is 1.24. The van der Waals surface area contributed by atoms with Crippen molar-refractivity contribution in [1.29, 1.82) is 0 Å². The highest BCUT2D eigenvalue weighted by molar-refractivity contribution is 5.89. The zero-order chi connectivity index (χ0) is 7.72. The fraction of sp³-hybridized carbons (Fsp3) is 0.333. The third kappa shape index (κ3) is 0.877. The molecule has 0 fully saturated rings. The van der Waals surface area contributed by atoms with Crippen molar-refractivity contribution in [3.8, 4) is 0 Å². The summed E-state index contributed by atoms with van der Waals surface area (Å²) in [5.74, 6) is -0.950. The summed E-state index contributed by atoms with van der Waals surface area (Å²) in [6.07, 6.45) is 0. The highest BCUT2D eigenvalue weighted by atomic mass is 16.5. The van der Waals surface area contributed by atoms with Crippen LogP contribution in [-0.4, -0.2) is 11.1 Å². The molecule has 4 heteroatoms. The fourth-order valence-corrected chi connectivity index (χ4v) is 0.774. The van der Waals surface area contributed by atoms with E-state index in [4.69, 9.17) is 0 Å². The summed E-state index contributed by atoms with van der Waals surface area (Å²) in [5, 5.41) is 13.7. The minimum atomic E-state index is -1.24. The van der Waals surface area contributed by atoms with E-state index in [2.05, 4.69) is 9.68 Å². The molecule has 10 heavy (non-hydrogen) atoms. The molecule has 0 aliphatic carbocycles. The molecule has 4 nitrogen and oxygen atoms in total. The summed E-state index contributed by atoms with van der Waals surface area (Å²) >= 11 is 0. The summed E-state index contributed by atoms with van der Waals surface area (Å²) in [6.45, 7) is 3.09. The van der Waals surface area contributed by atoms with Crippen LogP contribution in [0, 0.1) is 13.8 Å². The molecule has 1 rings (SSSR count). The molecule has 0 saturated carbocycles. The van der Waals surface area contributed by atoms with Gasteiger partial charge in [0.2, 0.25) is 0 Å². The normalized spacial score (nSPS) is 9.80. The molecule has 53 valence electrons. The standard InChI is InChI=1S/C6H6NO3/c1-3-5(6(8)9)4(2)10-7-3/h1-2H3. The SMILES string of the molecule is Cc1noc(C)c1C([O])=O. The maximum atomic E-state index is 10.3. The molecule has 0 N–H and O–H groups in total. The second kappa shape index (κ2) is 2.13. The summed E-state index contributed by atoms with van der Waals surface area (Å²) in [6, 6.07) is 0. The van der Waals surface area contributed by atoms with Crippen molar-refractivity contribution in [2.45, 2.75) is 13.8 Å². The number of hydrogen-bond donors (Lipinski definition) is 0. The predicted molar refractivity (Wildman–Crippen MR) is 31.0 cm³/mol. The maximum Gasteiger partial charge on any atom is 0.391 e. The van der Waals surface area contributed by atoms with E-state index >= 15 is 0 Å². The minimum Gasteiger partial charge on any atom is -0.361 e. The van der Waals surface area contributed by atoms with Crippen LogP contribution in [0.4, 0.5) is 0 Å². The molecule has 0 bridgehead atoms. The highest BCUT2D eigenvalue weighted by Gasteiger charge is 2.17. The van der Waals surface area contributed by atoms with Crippen molar-refractivity contribution < 1.29 is 14.4 Å². The van der Waals surface area contributed by atoms with Crippen LogP contribution in [0.1, 0.15) is 21.8 Å². The molecule has 0 spiro atoms. The topological polar surface area (TPSA) is 63.0 Å². The van der Waals surface area contributed by atoms with Gasteiger partial charge in [0, 0.05) is 0 Å². The Morgan fingerprint density at radius 2 is 2.10 bits per heavy atom. The van der Waals surface area contributed by atoms with E-state index < -0.39 is 5.97 Å². The first-order valence-corrected chi connectivity index (χ1v) is 2.77. The average Bonchev–Trinajstić information content (AvgIpc) is 2.11. The average molecular weight is 140 g/mol. The lowest BCUT2D eigenvalue weighted by atomic mass is 10.2. The molecule has 1 aromatic heterocycles. The molecule has 0 atom stereocenters. The van der Waals surface area contributed by atoms with Crippen molar-refractivity contribution in [2.75, 3.05) is 0 Å². The van der Waals surface area contributed by atoms with Gasteiger partial charge in [0.05, 0.1) is 5.69 Å². The first kappa shape index (κ1) is 6.80. The molecule has 1 aromatic rings. The largest absolute Gasteiger partial charge is 0.391 e. The van der Waals surface area contributed by atoms with E-state index in [1.807, 2.05) is 0 Å².